The largest absolute Gasteiger partial charge is 0.457 e. The molecule has 1 heterocycles. The Kier molecular flexibility index (Phi) is 8.93. The summed E-state index contributed by atoms with van der Waals surface area (Å²) in [6, 6.07) is 15.2. The van der Waals surface area contributed by atoms with Gasteiger partial charge in [-0.25, -0.2) is 0 Å². The van der Waals surface area contributed by atoms with Crippen molar-refractivity contribution in [1.29, 1.82) is 0 Å². The molecule has 5 amide bonds. The lowest BCUT2D eigenvalue weighted by atomic mass is 10.0. The summed E-state index contributed by atoms with van der Waals surface area (Å²) in [7, 11) is 0. The van der Waals surface area contributed by atoms with Crippen LogP contribution < -0.4 is 20.7 Å². The molecular formula is C26H28N4O6. The number of ether oxygens (including phenoxy) is 1. The lowest BCUT2D eigenvalue weighted by Crippen LogP contribution is -2.51. The van der Waals surface area contributed by atoms with E-state index in [0.29, 0.717) is 17.2 Å². The summed E-state index contributed by atoms with van der Waals surface area (Å²) in [5, 5.41) is 7.81. The summed E-state index contributed by atoms with van der Waals surface area (Å²) in [5.74, 6) is -1.35. The molecule has 0 saturated heterocycles. The van der Waals surface area contributed by atoms with Gasteiger partial charge in [-0.15, -0.1) is 0 Å². The highest BCUT2D eigenvalue weighted by Crippen LogP contribution is 2.22. The second-order valence-electron chi connectivity index (χ2n) is 8.41. The van der Waals surface area contributed by atoms with Gasteiger partial charge in [0.2, 0.25) is 17.7 Å². The van der Waals surface area contributed by atoms with E-state index in [0.717, 1.165) is 17.1 Å². The third kappa shape index (κ3) is 7.52. The number of hydrogen-bond donors (Lipinski definition) is 3. The molecule has 3 N–H and O–H groups in total. The predicted octanol–water partition coefficient (Wildman–Crippen LogP) is 1.99. The van der Waals surface area contributed by atoms with Gasteiger partial charge in [0.25, 0.3) is 11.8 Å². The van der Waals surface area contributed by atoms with Crippen LogP contribution in [0.3, 0.4) is 0 Å². The molecule has 10 heteroatoms. The number of carbonyl (C=O) groups is 5. The average Bonchev–Trinajstić information content (AvgIpc) is 3.18. The highest BCUT2D eigenvalue weighted by Gasteiger charge is 2.27. The van der Waals surface area contributed by atoms with E-state index in [1.807, 2.05) is 30.3 Å². The van der Waals surface area contributed by atoms with Gasteiger partial charge >= 0.3 is 0 Å². The summed E-state index contributed by atoms with van der Waals surface area (Å²) < 4.78 is 5.71. The van der Waals surface area contributed by atoms with Crippen molar-refractivity contribution in [3.05, 3.63) is 66.7 Å². The Bertz CT molecular complexity index is 1130. The predicted molar refractivity (Wildman–Crippen MR) is 132 cm³/mol. The third-order valence-electron chi connectivity index (χ3n) is 5.27. The van der Waals surface area contributed by atoms with Gasteiger partial charge in [0.1, 0.15) is 17.5 Å². The number of rotatable bonds is 11. The van der Waals surface area contributed by atoms with Crippen LogP contribution in [0.5, 0.6) is 11.5 Å². The van der Waals surface area contributed by atoms with E-state index >= 15 is 0 Å². The molecule has 1 aliphatic rings. The number of carbonyl (C=O) groups excluding carboxylic acids is 5. The van der Waals surface area contributed by atoms with Crippen molar-refractivity contribution in [1.82, 2.24) is 15.5 Å². The van der Waals surface area contributed by atoms with Crippen molar-refractivity contribution in [2.24, 2.45) is 5.92 Å². The maximum Gasteiger partial charge on any atom is 0.253 e. The van der Waals surface area contributed by atoms with Crippen LogP contribution >= 0.6 is 0 Å². The molecule has 0 saturated carbocycles. The molecule has 0 fully saturated rings. The van der Waals surface area contributed by atoms with E-state index in [2.05, 4.69) is 16.0 Å². The maximum absolute atomic E-state index is 12.6. The number of imide groups is 1. The number of nitrogens with one attached hydrogen (secondary N) is 3. The van der Waals surface area contributed by atoms with E-state index in [1.54, 1.807) is 38.1 Å². The van der Waals surface area contributed by atoms with Gasteiger partial charge in [0, 0.05) is 30.8 Å². The van der Waals surface area contributed by atoms with Gasteiger partial charge in [-0.3, -0.25) is 28.9 Å². The Morgan fingerprint density at radius 1 is 0.861 bits per heavy atom. The number of benzene rings is 2. The second kappa shape index (κ2) is 12.3. The molecule has 188 valence electrons. The normalized spacial score (nSPS) is 13.5. The smallest absolute Gasteiger partial charge is 0.253 e. The molecule has 2 aromatic carbocycles. The maximum atomic E-state index is 12.6. The summed E-state index contributed by atoms with van der Waals surface area (Å²) >= 11 is 0. The quantitative estimate of drug-likeness (QED) is 0.411. The molecule has 0 spiro atoms. The van der Waals surface area contributed by atoms with Crippen LogP contribution in [-0.2, 0) is 24.0 Å². The number of para-hydroxylation sites is 1. The number of anilines is 1. The van der Waals surface area contributed by atoms with Crippen molar-refractivity contribution in [3.63, 3.8) is 0 Å². The van der Waals surface area contributed by atoms with Gasteiger partial charge in [-0.05, 0) is 42.3 Å². The van der Waals surface area contributed by atoms with Crippen LogP contribution in [0.2, 0.25) is 0 Å². The molecular weight excluding hydrogens is 464 g/mol. The zero-order valence-electron chi connectivity index (χ0n) is 20.0. The molecule has 3 rings (SSSR count). The summed E-state index contributed by atoms with van der Waals surface area (Å²) in [6.07, 6.45) is 2.14. The van der Waals surface area contributed by atoms with Crippen molar-refractivity contribution >= 4 is 35.2 Å². The Labute approximate surface area is 208 Å². The first-order valence-corrected chi connectivity index (χ1v) is 11.5. The van der Waals surface area contributed by atoms with Crippen LogP contribution in [0.1, 0.15) is 20.3 Å². The Morgan fingerprint density at radius 3 is 2.08 bits per heavy atom. The summed E-state index contributed by atoms with van der Waals surface area (Å²) in [6.45, 7) is 3.13. The van der Waals surface area contributed by atoms with Crippen LogP contribution in [0.15, 0.2) is 66.7 Å². The average molecular weight is 493 g/mol. The molecule has 0 bridgehead atoms. The number of nitrogens with zero attached hydrogens (tertiary/aromatic N) is 1. The van der Waals surface area contributed by atoms with Gasteiger partial charge in [-0.1, -0.05) is 32.0 Å². The van der Waals surface area contributed by atoms with Crippen molar-refractivity contribution in [3.8, 4) is 11.5 Å². The first-order chi connectivity index (χ1) is 17.2. The zero-order valence-corrected chi connectivity index (χ0v) is 20.0. The molecule has 10 nitrogen and oxygen atoms in total. The lowest BCUT2D eigenvalue weighted by Gasteiger charge is -2.22. The van der Waals surface area contributed by atoms with E-state index in [-0.39, 0.29) is 25.4 Å². The molecule has 0 aromatic heterocycles. The molecule has 0 radical (unpaired) electrons. The summed E-state index contributed by atoms with van der Waals surface area (Å²) in [4.78, 5) is 61.3. The highest BCUT2D eigenvalue weighted by molar-refractivity contribution is 6.13. The van der Waals surface area contributed by atoms with Crippen LogP contribution in [0, 0.1) is 5.92 Å². The van der Waals surface area contributed by atoms with Crippen molar-refractivity contribution in [2.75, 3.05) is 18.4 Å². The zero-order chi connectivity index (χ0) is 26.1. The molecule has 2 aromatic rings. The van der Waals surface area contributed by atoms with Crippen molar-refractivity contribution in [2.45, 2.75) is 26.3 Å². The van der Waals surface area contributed by atoms with E-state index < -0.39 is 35.6 Å². The first-order valence-electron chi connectivity index (χ1n) is 11.5. The number of amides is 5. The monoisotopic (exact) mass is 492 g/mol. The summed E-state index contributed by atoms with van der Waals surface area (Å²) in [5.41, 5.74) is 0.531. The fourth-order valence-electron chi connectivity index (χ4n) is 3.36. The van der Waals surface area contributed by atoms with Gasteiger partial charge < -0.3 is 20.7 Å². The van der Waals surface area contributed by atoms with Gasteiger partial charge in [0.15, 0.2) is 0 Å². The minimum absolute atomic E-state index is 0.0828. The SMILES string of the molecule is CC(C)C(NC(=O)CCN1C(=O)C=CC1=O)C(=O)NCC(=O)Nc1ccc(Oc2ccccc2)cc1. The Hall–Kier alpha value is -4.47. The van der Waals surface area contributed by atoms with Crippen LogP contribution in [0.25, 0.3) is 0 Å². The van der Waals surface area contributed by atoms with Crippen LogP contribution in [-0.4, -0.2) is 53.6 Å². The molecule has 36 heavy (non-hydrogen) atoms. The third-order valence-corrected chi connectivity index (χ3v) is 5.27. The van der Waals surface area contributed by atoms with Crippen LogP contribution in [0.4, 0.5) is 5.69 Å². The standard InChI is InChI=1S/C26H28N4O6/c1-17(2)25(29-21(31)14-15-30-23(33)12-13-24(30)34)26(35)27-16-22(32)28-18-8-10-20(11-9-18)36-19-6-4-3-5-7-19/h3-13,17,25H,14-16H2,1-2H3,(H,27,35)(H,28,32)(H,29,31). The fraction of sp³-hybridized carbons (Fsp3) is 0.269. The molecule has 0 aliphatic carbocycles. The van der Waals surface area contributed by atoms with E-state index in [9.17, 15) is 24.0 Å². The molecule has 1 unspecified atom stereocenters. The molecule has 1 aliphatic heterocycles. The Morgan fingerprint density at radius 2 is 1.47 bits per heavy atom. The van der Waals surface area contributed by atoms with Crippen molar-refractivity contribution < 1.29 is 28.7 Å². The lowest BCUT2D eigenvalue weighted by molar-refractivity contribution is -0.137. The number of hydrogen-bond acceptors (Lipinski definition) is 6. The first kappa shape index (κ1) is 26.1. The van der Waals surface area contributed by atoms with E-state index in [4.69, 9.17) is 4.74 Å². The fourth-order valence-corrected chi connectivity index (χ4v) is 3.36. The molecule has 1 atom stereocenters. The minimum atomic E-state index is -0.886. The Balaban J connectivity index is 1.43. The second-order valence-corrected chi connectivity index (χ2v) is 8.41. The highest BCUT2D eigenvalue weighted by atomic mass is 16.5. The van der Waals surface area contributed by atoms with Gasteiger partial charge in [0.05, 0.1) is 6.54 Å². The van der Waals surface area contributed by atoms with Gasteiger partial charge in [-0.2, -0.15) is 0 Å². The topological polar surface area (TPSA) is 134 Å². The minimum Gasteiger partial charge on any atom is -0.457 e. The van der Waals surface area contributed by atoms with E-state index in [1.165, 1.54) is 0 Å².